The van der Waals surface area contributed by atoms with Gasteiger partial charge in [0.1, 0.15) is 0 Å². The van der Waals surface area contributed by atoms with Crippen molar-refractivity contribution in [3.63, 3.8) is 0 Å². The summed E-state index contributed by atoms with van der Waals surface area (Å²) in [7, 11) is 4.09. The van der Waals surface area contributed by atoms with Gasteiger partial charge in [-0.15, -0.1) is 0 Å². The second-order valence-corrected chi connectivity index (χ2v) is 3.88. The lowest BCUT2D eigenvalue weighted by molar-refractivity contribution is 0.561. The number of hydrogen-bond donors (Lipinski definition) is 0. The minimum atomic E-state index is 1.24. The standard InChI is InChI=1S/C10H12IN/c1-12(2)10(11)8-9-6-4-3-5-7-9/h3-8H,1-2H3. The predicted molar refractivity (Wildman–Crippen MR) is 62.1 cm³/mol. The quantitative estimate of drug-likeness (QED) is 0.591. The Morgan fingerprint density at radius 3 is 2.33 bits per heavy atom. The van der Waals surface area contributed by atoms with E-state index in [2.05, 4.69) is 45.7 Å². The average Bonchev–Trinajstić information content (AvgIpc) is 2.06. The van der Waals surface area contributed by atoms with Crippen molar-refractivity contribution in [1.82, 2.24) is 4.90 Å². The molecule has 1 aromatic rings. The summed E-state index contributed by atoms with van der Waals surface area (Å²) in [5.74, 6) is 0. The molecule has 0 fully saturated rings. The molecule has 0 aromatic heterocycles. The van der Waals surface area contributed by atoms with Gasteiger partial charge in [-0.25, -0.2) is 0 Å². The van der Waals surface area contributed by atoms with Crippen molar-refractivity contribution < 1.29 is 0 Å². The van der Waals surface area contributed by atoms with Gasteiger partial charge in [0.05, 0.1) is 3.70 Å². The summed E-state index contributed by atoms with van der Waals surface area (Å²) in [4.78, 5) is 2.09. The second-order valence-electron chi connectivity index (χ2n) is 2.77. The zero-order valence-corrected chi connectivity index (χ0v) is 9.45. The third kappa shape index (κ3) is 2.85. The van der Waals surface area contributed by atoms with Crippen LogP contribution in [-0.2, 0) is 0 Å². The molecule has 0 bridgehead atoms. The van der Waals surface area contributed by atoms with E-state index in [-0.39, 0.29) is 0 Å². The predicted octanol–water partition coefficient (Wildman–Crippen LogP) is 2.98. The summed E-state index contributed by atoms with van der Waals surface area (Å²) in [5, 5.41) is 0. The highest BCUT2D eigenvalue weighted by Gasteiger charge is 1.92. The molecule has 0 spiro atoms. The van der Waals surface area contributed by atoms with Crippen LogP contribution in [0.25, 0.3) is 6.08 Å². The largest absolute Gasteiger partial charge is 0.373 e. The van der Waals surface area contributed by atoms with Gasteiger partial charge in [0.25, 0.3) is 0 Å². The lowest BCUT2D eigenvalue weighted by atomic mass is 10.2. The number of benzene rings is 1. The van der Waals surface area contributed by atoms with Crippen LogP contribution in [0.3, 0.4) is 0 Å². The summed E-state index contributed by atoms with van der Waals surface area (Å²) in [6, 6.07) is 10.3. The molecule has 0 aliphatic carbocycles. The Bertz CT molecular complexity index is 264. The first-order valence-electron chi connectivity index (χ1n) is 3.80. The minimum absolute atomic E-state index is 1.24. The maximum Gasteiger partial charge on any atom is 0.0758 e. The number of hydrogen-bond acceptors (Lipinski definition) is 1. The molecule has 0 heterocycles. The smallest absolute Gasteiger partial charge is 0.0758 e. The van der Waals surface area contributed by atoms with Gasteiger partial charge in [-0.1, -0.05) is 30.3 Å². The van der Waals surface area contributed by atoms with Crippen LogP contribution < -0.4 is 0 Å². The lowest BCUT2D eigenvalue weighted by Crippen LogP contribution is -2.05. The van der Waals surface area contributed by atoms with Crippen molar-refractivity contribution in [3.8, 4) is 0 Å². The van der Waals surface area contributed by atoms with Crippen molar-refractivity contribution in [2.45, 2.75) is 0 Å². The fourth-order valence-electron chi connectivity index (χ4n) is 0.816. The van der Waals surface area contributed by atoms with Crippen LogP contribution >= 0.6 is 22.6 Å². The first-order chi connectivity index (χ1) is 5.70. The molecular weight excluding hydrogens is 261 g/mol. The Labute approximate surface area is 87.2 Å². The van der Waals surface area contributed by atoms with Crippen LogP contribution in [0.5, 0.6) is 0 Å². The van der Waals surface area contributed by atoms with Crippen LogP contribution in [0.2, 0.25) is 0 Å². The molecule has 0 aliphatic rings. The van der Waals surface area contributed by atoms with Gasteiger partial charge in [0.2, 0.25) is 0 Å². The van der Waals surface area contributed by atoms with Gasteiger partial charge in [-0.3, -0.25) is 0 Å². The summed E-state index contributed by atoms with van der Waals surface area (Å²) in [6.45, 7) is 0. The molecule has 0 saturated heterocycles. The van der Waals surface area contributed by atoms with E-state index in [1.807, 2.05) is 32.3 Å². The fourth-order valence-corrected chi connectivity index (χ4v) is 1.18. The van der Waals surface area contributed by atoms with Crippen LogP contribution in [0.4, 0.5) is 0 Å². The molecule has 0 unspecified atom stereocenters. The Morgan fingerprint density at radius 2 is 1.83 bits per heavy atom. The number of halogens is 1. The summed E-state index contributed by atoms with van der Waals surface area (Å²) in [6.07, 6.45) is 2.15. The lowest BCUT2D eigenvalue weighted by Gasteiger charge is -2.10. The average molecular weight is 273 g/mol. The van der Waals surface area contributed by atoms with Crippen LogP contribution in [0, 0.1) is 0 Å². The molecule has 0 saturated carbocycles. The highest BCUT2D eigenvalue weighted by molar-refractivity contribution is 14.1. The molecule has 12 heavy (non-hydrogen) atoms. The molecule has 0 radical (unpaired) electrons. The molecule has 0 aliphatic heterocycles. The van der Waals surface area contributed by atoms with E-state index >= 15 is 0 Å². The molecule has 0 amide bonds. The van der Waals surface area contributed by atoms with Crippen molar-refractivity contribution >= 4 is 28.7 Å². The topological polar surface area (TPSA) is 3.24 Å². The first kappa shape index (κ1) is 9.58. The van der Waals surface area contributed by atoms with E-state index in [4.69, 9.17) is 0 Å². The van der Waals surface area contributed by atoms with Gasteiger partial charge in [-0.05, 0) is 34.2 Å². The Morgan fingerprint density at radius 1 is 1.25 bits per heavy atom. The van der Waals surface area contributed by atoms with Gasteiger partial charge in [-0.2, -0.15) is 0 Å². The number of rotatable bonds is 2. The van der Waals surface area contributed by atoms with Gasteiger partial charge >= 0.3 is 0 Å². The zero-order valence-electron chi connectivity index (χ0n) is 7.29. The molecule has 1 aromatic carbocycles. The van der Waals surface area contributed by atoms with E-state index in [9.17, 15) is 0 Å². The van der Waals surface area contributed by atoms with Crippen LogP contribution in [0.15, 0.2) is 34.0 Å². The highest BCUT2D eigenvalue weighted by Crippen LogP contribution is 2.13. The van der Waals surface area contributed by atoms with Gasteiger partial charge in [0.15, 0.2) is 0 Å². The fraction of sp³-hybridized carbons (Fsp3) is 0.200. The Hall–Kier alpha value is -0.510. The third-order valence-electron chi connectivity index (χ3n) is 1.51. The molecule has 64 valence electrons. The van der Waals surface area contributed by atoms with Gasteiger partial charge < -0.3 is 4.90 Å². The third-order valence-corrected chi connectivity index (χ3v) is 2.79. The van der Waals surface area contributed by atoms with Crippen LogP contribution in [-0.4, -0.2) is 19.0 Å². The van der Waals surface area contributed by atoms with Crippen LogP contribution in [0.1, 0.15) is 5.56 Å². The summed E-state index contributed by atoms with van der Waals surface area (Å²) in [5.41, 5.74) is 1.25. The van der Waals surface area contributed by atoms with Gasteiger partial charge in [0, 0.05) is 14.1 Å². The molecule has 0 atom stereocenters. The molecule has 1 nitrogen and oxygen atoms in total. The first-order valence-corrected chi connectivity index (χ1v) is 4.87. The number of nitrogens with zero attached hydrogens (tertiary/aromatic N) is 1. The van der Waals surface area contributed by atoms with E-state index in [0.717, 1.165) is 0 Å². The normalized spacial score (nSPS) is 11.4. The molecular formula is C10H12IN. The molecule has 0 N–H and O–H groups in total. The monoisotopic (exact) mass is 273 g/mol. The van der Waals surface area contributed by atoms with E-state index in [0.29, 0.717) is 0 Å². The Kier molecular flexibility index (Phi) is 3.59. The van der Waals surface area contributed by atoms with E-state index < -0.39 is 0 Å². The molecule has 2 heteroatoms. The second kappa shape index (κ2) is 4.50. The van der Waals surface area contributed by atoms with Crippen molar-refractivity contribution in [3.05, 3.63) is 39.6 Å². The minimum Gasteiger partial charge on any atom is -0.373 e. The van der Waals surface area contributed by atoms with Crippen molar-refractivity contribution in [2.24, 2.45) is 0 Å². The highest BCUT2D eigenvalue weighted by atomic mass is 127. The molecule has 1 rings (SSSR count). The maximum atomic E-state index is 2.32. The SMILES string of the molecule is CN(C)C(I)=Cc1ccccc1. The van der Waals surface area contributed by atoms with Crippen molar-refractivity contribution in [2.75, 3.05) is 14.1 Å². The Balaban J connectivity index is 2.81. The zero-order chi connectivity index (χ0) is 8.97. The van der Waals surface area contributed by atoms with E-state index in [1.54, 1.807) is 0 Å². The van der Waals surface area contributed by atoms with Crippen molar-refractivity contribution in [1.29, 1.82) is 0 Å². The maximum absolute atomic E-state index is 2.32. The summed E-state index contributed by atoms with van der Waals surface area (Å²) >= 11 is 2.32. The van der Waals surface area contributed by atoms with E-state index in [1.165, 1.54) is 9.27 Å². The summed E-state index contributed by atoms with van der Waals surface area (Å²) < 4.78 is 1.24.